The van der Waals surface area contributed by atoms with Crippen LogP contribution in [0.4, 0.5) is 0 Å². The molecule has 0 bridgehead atoms. The maximum absolute atomic E-state index is 10.1. The molecule has 4 rings (SSSR count). The van der Waals surface area contributed by atoms with E-state index in [0.717, 1.165) is 60.3 Å². The van der Waals surface area contributed by atoms with Crippen LogP contribution in [-0.4, -0.2) is 47.9 Å². The molecule has 0 spiro atoms. The number of hydrogen-bond acceptors (Lipinski definition) is 5. The van der Waals surface area contributed by atoms with Crippen LogP contribution in [0.5, 0.6) is 0 Å². The zero-order valence-electron chi connectivity index (χ0n) is 19.3. The normalized spacial score (nSPS) is 25.1. The Kier molecular flexibility index (Phi) is 5.88. The molecule has 0 aromatic carbocycles. The van der Waals surface area contributed by atoms with Crippen LogP contribution in [0.25, 0.3) is 5.70 Å². The molecular weight excluding hydrogens is 388 g/mol. The van der Waals surface area contributed by atoms with Crippen molar-refractivity contribution < 1.29 is 5.11 Å². The van der Waals surface area contributed by atoms with Crippen molar-refractivity contribution in [1.82, 2.24) is 24.5 Å². The smallest absolute Gasteiger partial charge is 0.0974 e. The van der Waals surface area contributed by atoms with Crippen molar-refractivity contribution in [3.8, 4) is 0 Å². The van der Waals surface area contributed by atoms with Crippen molar-refractivity contribution in [1.29, 1.82) is 0 Å². The van der Waals surface area contributed by atoms with E-state index in [-0.39, 0.29) is 6.04 Å². The Hall–Kier alpha value is -2.67. The van der Waals surface area contributed by atoms with Crippen molar-refractivity contribution in [2.24, 2.45) is 4.99 Å². The predicted octanol–water partition coefficient (Wildman–Crippen LogP) is 4.55. The third-order valence-electron chi connectivity index (χ3n) is 6.38. The number of aliphatic imine (C=N–C) groups is 1. The molecule has 1 saturated carbocycles. The molecular formula is C24H34N6O. The van der Waals surface area contributed by atoms with Gasteiger partial charge in [0.1, 0.15) is 0 Å². The van der Waals surface area contributed by atoms with Gasteiger partial charge in [0.05, 0.1) is 47.2 Å². The van der Waals surface area contributed by atoms with Gasteiger partial charge in [-0.2, -0.15) is 10.2 Å². The molecule has 7 nitrogen and oxygen atoms in total. The van der Waals surface area contributed by atoms with E-state index in [1.807, 2.05) is 30.2 Å². The topological polar surface area (TPSA) is 71.5 Å². The minimum atomic E-state index is -0.568. The molecule has 1 fully saturated rings. The van der Waals surface area contributed by atoms with Gasteiger partial charge in [0.15, 0.2) is 0 Å². The molecule has 0 unspecified atom stereocenters. The van der Waals surface area contributed by atoms with Crippen LogP contribution in [0.2, 0.25) is 0 Å². The van der Waals surface area contributed by atoms with Crippen LogP contribution in [-0.2, 0) is 0 Å². The van der Waals surface area contributed by atoms with E-state index >= 15 is 0 Å². The molecule has 0 radical (unpaired) electrons. The van der Waals surface area contributed by atoms with E-state index in [9.17, 15) is 5.11 Å². The highest BCUT2D eigenvalue weighted by atomic mass is 16.3. The molecule has 2 aromatic heterocycles. The van der Waals surface area contributed by atoms with Crippen molar-refractivity contribution in [3.63, 3.8) is 0 Å². The standard InChI is InChI=1S/C24H34N6O/c1-6-9-22-23(18-13-26-29(15-18)19(7-2)8-3)27-21(16-28(22)5)17-12-25-30(14-17)20-10-24(4,31)11-20/h9,12-16,19-20,31H,6-8,10-11H2,1-5H3/b22-9-/t20-,24+. The first-order valence-electron chi connectivity index (χ1n) is 11.4. The summed E-state index contributed by atoms with van der Waals surface area (Å²) in [5.41, 5.74) is 4.38. The summed E-state index contributed by atoms with van der Waals surface area (Å²) in [6.45, 7) is 8.42. The van der Waals surface area contributed by atoms with Gasteiger partial charge in [-0.25, -0.2) is 4.99 Å². The van der Waals surface area contributed by atoms with Crippen LogP contribution in [0.15, 0.2) is 47.8 Å². The molecule has 0 atom stereocenters. The molecule has 7 heteroatoms. The van der Waals surface area contributed by atoms with Gasteiger partial charge in [-0.15, -0.1) is 0 Å². The summed E-state index contributed by atoms with van der Waals surface area (Å²) in [6, 6.07) is 0.658. The average Bonchev–Trinajstić information content (AvgIpc) is 3.39. The molecule has 1 aliphatic heterocycles. The summed E-state index contributed by atoms with van der Waals surface area (Å²) in [5, 5.41) is 19.3. The highest BCUT2D eigenvalue weighted by Crippen LogP contribution is 2.41. The molecule has 166 valence electrons. The second-order valence-corrected chi connectivity index (χ2v) is 9.03. The monoisotopic (exact) mass is 422 g/mol. The summed E-state index contributed by atoms with van der Waals surface area (Å²) in [6.07, 6.45) is 16.8. The minimum absolute atomic E-state index is 0.253. The van der Waals surface area contributed by atoms with E-state index in [2.05, 4.69) is 66.1 Å². The Balaban J connectivity index is 1.66. The Labute approximate surface area is 184 Å². The fraction of sp³-hybridized carbons (Fsp3) is 0.542. The summed E-state index contributed by atoms with van der Waals surface area (Å²) in [5.74, 6) is 0. The third-order valence-corrected chi connectivity index (χ3v) is 6.38. The van der Waals surface area contributed by atoms with Gasteiger partial charge in [-0.3, -0.25) is 9.36 Å². The first-order valence-corrected chi connectivity index (χ1v) is 11.4. The second kappa shape index (κ2) is 8.46. The molecule has 1 N–H and O–H groups in total. The number of aromatic nitrogens is 4. The summed E-state index contributed by atoms with van der Waals surface area (Å²) in [7, 11) is 2.06. The van der Waals surface area contributed by atoms with Gasteiger partial charge < -0.3 is 10.0 Å². The van der Waals surface area contributed by atoms with Gasteiger partial charge in [-0.05, 0) is 39.0 Å². The Morgan fingerprint density at radius 3 is 2.48 bits per heavy atom. The van der Waals surface area contributed by atoms with Crippen LogP contribution in [0.3, 0.4) is 0 Å². The fourth-order valence-electron chi connectivity index (χ4n) is 4.55. The second-order valence-electron chi connectivity index (χ2n) is 9.03. The number of allylic oxidation sites excluding steroid dienone is 2. The Morgan fingerprint density at radius 2 is 1.84 bits per heavy atom. The van der Waals surface area contributed by atoms with Crippen molar-refractivity contribution in [2.75, 3.05) is 7.05 Å². The van der Waals surface area contributed by atoms with Crippen molar-refractivity contribution in [3.05, 3.63) is 53.9 Å². The SMILES string of the molecule is CC/C=C1/C(c2cnn(C(CC)CC)c2)=NC(c2cnn([C@H]3C[C@@](C)(O)C3)c2)=CN1C. The van der Waals surface area contributed by atoms with E-state index in [0.29, 0.717) is 6.04 Å². The lowest BCUT2D eigenvalue weighted by atomic mass is 9.77. The molecule has 1 aliphatic carbocycles. The minimum Gasteiger partial charge on any atom is -0.390 e. The maximum Gasteiger partial charge on any atom is 0.0974 e. The quantitative estimate of drug-likeness (QED) is 0.710. The number of aliphatic hydroxyl groups is 1. The lowest BCUT2D eigenvalue weighted by Crippen LogP contribution is -2.42. The fourth-order valence-corrected chi connectivity index (χ4v) is 4.55. The van der Waals surface area contributed by atoms with Crippen LogP contribution in [0, 0.1) is 0 Å². The van der Waals surface area contributed by atoms with E-state index < -0.39 is 5.60 Å². The van der Waals surface area contributed by atoms with Crippen molar-refractivity contribution in [2.45, 2.75) is 77.5 Å². The maximum atomic E-state index is 10.1. The van der Waals surface area contributed by atoms with E-state index in [1.54, 1.807) is 0 Å². The lowest BCUT2D eigenvalue weighted by molar-refractivity contribution is -0.0543. The first-order chi connectivity index (χ1) is 14.8. The van der Waals surface area contributed by atoms with Gasteiger partial charge >= 0.3 is 0 Å². The zero-order valence-corrected chi connectivity index (χ0v) is 19.3. The predicted molar refractivity (Wildman–Crippen MR) is 124 cm³/mol. The molecule has 0 saturated heterocycles. The van der Waals surface area contributed by atoms with Crippen LogP contribution in [0.1, 0.15) is 83.0 Å². The number of hydrogen-bond donors (Lipinski definition) is 1. The molecule has 2 aliphatic rings. The number of likely N-dealkylation sites (N-methyl/N-ethyl adjacent to an activating group) is 1. The van der Waals surface area contributed by atoms with Gasteiger partial charge in [-0.1, -0.05) is 26.8 Å². The Bertz CT molecular complexity index is 1010. The van der Waals surface area contributed by atoms with Gasteiger partial charge in [0.25, 0.3) is 0 Å². The lowest BCUT2D eigenvalue weighted by Gasteiger charge is -2.40. The molecule has 2 aromatic rings. The molecule has 31 heavy (non-hydrogen) atoms. The average molecular weight is 423 g/mol. The Morgan fingerprint density at radius 1 is 1.13 bits per heavy atom. The summed E-state index contributed by atoms with van der Waals surface area (Å²) in [4.78, 5) is 7.19. The third kappa shape index (κ3) is 4.24. The zero-order chi connectivity index (χ0) is 22.2. The van der Waals surface area contributed by atoms with E-state index in [4.69, 9.17) is 4.99 Å². The molecule has 3 heterocycles. The highest BCUT2D eigenvalue weighted by Gasteiger charge is 2.40. The van der Waals surface area contributed by atoms with E-state index in [1.165, 1.54) is 0 Å². The highest BCUT2D eigenvalue weighted by molar-refractivity contribution is 6.15. The molecule has 0 amide bonds. The number of nitrogens with zero attached hydrogens (tertiary/aromatic N) is 6. The van der Waals surface area contributed by atoms with Gasteiger partial charge in [0.2, 0.25) is 0 Å². The summed E-state index contributed by atoms with van der Waals surface area (Å²) >= 11 is 0. The van der Waals surface area contributed by atoms with Crippen LogP contribution < -0.4 is 0 Å². The number of rotatable bonds is 7. The first kappa shape index (κ1) is 21.6. The summed E-state index contributed by atoms with van der Waals surface area (Å²) < 4.78 is 4.03. The van der Waals surface area contributed by atoms with Crippen LogP contribution >= 0.6 is 0 Å². The van der Waals surface area contributed by atoms with Gasteiger partial charge in [0, 0.05) is 36.8 Å². The largest absolute Gasteiger partial charge is 0.390 e. The van der Waals surface area contributed by atoms with Crippen molar-refractivity contribution >= 4 is 11.4 Å².